The minimum Gasteiger partial charge on any atom is -0.508 e. The van der Waals surface area contributed by atoms with E-state index in [0.717, 1.165) is 61.5 Å². The monoisotopic (exact) mass is 543 g/mol. The number of thiophene rings is 1. The number of phenols is 1. The van der Waals surface area contributed by atoms with E-state index in [-0.39, 0.29) is 29.0 Å². The summed E-state index contributed by atoms with van der Waals surface area (Å²) in [6.07, 6.45) is -2.91. The Morgan fingerprint density at radius 1 is 1.05 bits per heavy atom. The zero-order valence-electron chi connectivity index (χ0n) is 20.3. The number of hydrogen-bond acceptors (Lipinski definition) is 5. The fourth-order valence-electron chi connectivity index (χ4n) is 4.67. The Kier molecular flexibility index (Phi) is 7.40. The van der Waals surface area contributed by atoms with E-state index in [4.69, 9.17) is 4.74 Å². The molecule has 1 aliphatic heterocycles. The number of carbonyl (C=O) groups is 1. The molecular weight excluding hydrogens is 518 g/mol. The molecule has 198 valence electrons. The molecule has 1 aliphatic rings. The molecule has 0 bridgehead atoms. The van der Waals surface area contributed by atoms with Gasteiger partial charge in [0.2, 0.25) is 5.78 Å². The highest BCUT2D eigenvalue weighted by Crippen LogP contribution is 2.44. The largest absolute Gasteiger partial charge is 0.508 e. The van der Waals surface area contributed by atoms with E-state index in [0.29, 0.717) is 15.8 Å². The highest BCUT2D eigenvalue weighted by atomic mass is 32.1. The first-order valence-corrected chi connectivity index (χ1v) is 13.1. The normalized spacial score (nSPS) is 14.5. The van der Waals surface area contributed by atoms with Crippen molar-refractivity contribution in [2.45, 2.75) is 19.0 Å². The number of ether oxygens (including phenoxy) is 1. The van der Waals surface area contributed by atoms with E-state index in [1.54, 1.807) is 18.2 Å². The fraction of sp³-hybridized carbons (Fsp3) is 0.276. The number of nitrogens with zero attached hydrogens (tertiary/aromatic N) is 1. The van der Waals surface area contributed by atoms with Gasteiger partial charge in [0.1, 0.15) is 16.4 Å². The van der Waals surface area contributed by atoms with Crippen LogP contribution in [-0.2, 0) is 12.6 Å². The quantitative estimate of drug-likeness (QED) is 0.176. The summed E-state index contributed by atoms with van der Waals surface area (Å²) in [5.41, 5.74) is -0.384. The molecule has 0 atom stereocenters. The summed E-state index contributed by atoms with van der Waals surface area (Å²) >= 11 is 0.976. The van der Waals surface area contributed by atoms with Gasteiger partial charge in [0.05, 0.1) is 12.2 Å². The average Bonchev–Trinajstić information content (AvgIpc) is 3.22. The summed E-state index contributed by atoms with van der Waals surface area (Å²) in [4.78, 5) is 15.7. The number of hydrogen-bond donors (Lipinski definition) is 1. The number of alkyl halides is 4. The lowest BCUT2D eigenvalue weighted by Gasteiger charge is -2.37. The predicted octanol–water partition coefficient (Wildman–Crippen LogP) is 7.48. The Labute approximate surface area is 221 Å². The molecule has 38 heavy (non-hydrogen) atoms. The minimum atomic E-state index is -4.69. The number of phenolic OH excluding ortho intramolecular Hbond substituents is 1. The first kappa shape index (κ1) is 26.2. The van der Waals surface area contributed by atoms with Crippen molar-refractivity contribution >= 4 is 27.2 Å². The molecule has 0 radical (unpaired) electrons. The van der Waals surface area contributed by atoms with Gasteiger partial charge in [-0.2, -0.15) is 13.2 Å². The van der Waals surface area contributed by atoms with Crippen molar-refractivity contribution in [3.05, 3.63) is 88.3 Å². The van der Waals surface area contributed by atoms with Crippen LogP contribution < -0.4 is 4.74 Å². The molecule has 2 heterocycles. The second-order valence-corrected chi connectivity index (χ2v) is 10.5. The predicted molar refractivity (Wildman–Crippen MR) is 139 cm³/mol. The Morgan fingerprint density at radius 3 is 2.50 bits per heavy atom. The number of likely N-dealkylation sites (tertiary alicyclic amines) is 1. The van der Waals surface area contributed by atoms with Crippen LogP contribution in [0.15, 0.2) is 66.7 Å². The van der Waals surface area contributed by atoms with Crippen molar-refractivity contribution in [2.75, 3.05) is 26.3 Å². The molecule has 0 saturated carbocycles. The fourth-order valence-corrected chi connectivity index (χ4v) is 5.79. The van der Waals surface area contributed by atoms with Crippen molar-refractivity contribution in [3.8, 4) is 17.2 Å². The molecule has 1 N–H and O–H groups in total. The van der Waals surface area contributed by atoms with Crippen LogP contribution in [0.25, 0.3) is 10.1 Å². The van der Waals surface area contributed by atoms with Crippen LogP contribution in [0.3, 0.4) is 0 Å². The van der Waals surface area contributed by atoms with Crippen molar-refractivity contribution in [2.24, 2.45) is 5.92 Å². The lowest BCUT2D eigenvalue weighted by molar-refractivity contribution is -0.137. The first-order chi connectivity index (χ1) is 18.2. The van der Waals surface area contributed by atoms with Crippen molar-refractivity contribution in [3.63, 3.8) is 0 Å². The average molecular weight is 544 g/mol. The van der Waals surface area contributed by atoms with Gasteiger partial charge in [0.15, 0.2) is 5.75 Å². The third-order valence-electron chi connectivity index (χ3n) is 6.65. The van der Waals surface area contributed by atoms with E-state index in [9.17, 15) is 27.5 Å². The Hall–Kier alpha value is -3.43. The van der Waals surface area contributed by atoms with Crippen LogP contribution in [-0.4, -0.2) is 42.1 Å². The zero-order chi connectivity index (χ0) is 26.9. The summed E-state index contributed by atoms with van der Waals surface area (Å²) in [5.74, 6) is -0.0653. The molecule has 1 aromatic heterocycles. The molecular formula is C29H25F4NO3S. The standard InChI is InChI=1S/C29H25F4NO3S/c30-15-19-16-34(17-19)13-3-4-18-7-10-21(11-8-18)37-27-23-12-9-20(35)14-25(23)38-28(27)26(36)22-5-1-2-6-24(22)29(31,32)33/h1-2,5-12,14,19,35H,3-4,13,15-17H2. The molecule has 0 spiro atoms. The second kappa shape index (κ2) is 10.7. The Bertz CT molecular complexity index is 1440. The van der Waals surface area contributed by atoms with Crippen LogP contribution in [0, 0.1) is 5.92 Å². The highest BCUT2D eigenvalue weighted by molar-refractivity contribution is 7.21. The number of fused-ring (bicyclic) bond motifs is 1. The first-order valence-electron chi connectivity index (χ1n) is 12.2. The summed E-state index contributed by atoms with van der Waals surface area (Å²) < 4.78 is 60.1. The molecule has 4 nitrogen and oxygen atoms in total. The third-order valence-corrected chi connectivity index (χ3v) is 7.78. The molecule has 0 unspecified atom stereocenters. The van der Waals surface area contributed by atoms with E-state index in [1.807, 2.05) is 12.1 Å². The number of halogens is 4. The highest BCUT2D eigenvalue weighted by Gasteiger charge is 2.36. The van der Waals surface area contributed by atoms with E-state index >= 15 is 0 Å². The Morgan fingerprint density at radius 2 is 1.79 bits per heavy atom. The Balaban J connectivity index is 1.38. The van der Waals surface area contributed by atoms with E-state index in [1.165, 1.54) is 24.3 Å². The van der Waals surface area contributed by atoms with Crippen molar-refractivity contribution in [1.82, 2.24) is 4.90 Å². The number of ketones is 1. The van der Waals surface area contributed by atoms with Gasteiger partial charge < -0.3 is 14.7 Å². The van der Waals surface area contributed by atoms with E-state index < -0.39 is 23.1 Å². The van der Waals surface area contributed by atoms with Gasteiger partial charge in [-0.05, 0) is 61.3 Å². The lowest BCUT2D eigenvalue weighted by Crippen LogP contribution is -2.47. The van der Waals surface area contributed by atoms with Gasteiger partial charge >= 0.3 is 6.18 Å². The van der Waals surface area contributed by atoms with Crippen LogP contribution in [0.2, 0.25) is 0 Å². The number of aromatic hydroxyl groups is 1. The van der Waals surface area contributed by atoms with Crippen LogP contribution >= 0.6 is 11.3 Å². The number of aryl methyl sites for hydroxylation is 1. The molecule has 5 rings (SSSR count). The zero-order valence-corrected chi connectivity index (χ0v) is 21.1. The summed E-state index contributed by atoms with van der Waals surface area (Å²) in [6.45, 7) is 2.27. The summed E-state index contributed by atoms with van der Waals surface area (Å²) in [6, 6.07) is 16.5. The van der Waals surface area contributed by atoms with E-state index in [2.05, 4.69) is 4.90 Å². The molecule has 0 aliphatic carbocycles. The SMILES string of the molecule is O=C(c1ccccc1C(F)(F)F)c1sc2cc(O)ccc2c1Oc1ccc(CCCN2CC(CF)C2)cc1. The van der Waals surface area contributed by atoms with Crippen LogP contribution in [0.1, 0.15) is 32.8 Å². The minimum absolute atomic E-state index is 0.0208. The van der Waals surface area contributed by atoms with Crippen LogP contribution in [0.5, 0.6) is 17.2 Å². The molecule has 1 fully saturated rings. The van der Waals surface area contributed by atoms with Gasteiger partial charge in [-0.3, -0.25) is 9.18 Å². The smallest absolute Gasteiger partial charge is 0.417 e. The molecule has 4 aromatic rings. The van der Waals surface area contributed by atoms with Gasteiger partial charge in [0.25, 0.3) is 0 Å². The van der Waals surface area contributed by atoms with Crippen LogP contribution in [0.4, 0.5) is 17.6 Å². The van der Waals surface area contributed by atoms with Crippen molar-refractivity contribution in [1.29, 1.82) is 0 Å². The maximum Gasteiger partial charge on any atom is 0.417 e. The van der Waals surface area contributed by atoms with Gasteiger partial charge in [0, 0.05) is 34.7 Å². The number of carbonyl (C=O) groups excluding carboxylic acids is 1. The lowest BCUT2D eigenvalue weighted by atomic mass is 10.0. The summed E-state index contributed by atoms with van der Waals surface area (Å²) in [7, 11) is 0. The second-order valence-electron chi connectivity index (χ2n) is 9.44. The maximum absolute atomic E-state index is 13.6. The topological polar surface area (TPSA) is 49.8 Å². The maximum atomic E-state index is 13.6. The number of rotatable bonds is 9. The molecule has 0 amide bonds. The third kappa shape index (κ3) is 5.54. The molecule has 9 heteroatoms. The summed E-state index contributed by atoms with van der Waals surface area (Å²) in [5, 5.41) is 10.4. The van der Waals surface area contributed by atoms with Gasteiger partial charge in [-0.25, -0.2) is 0 Å². The number of benzene rings is 3. The van der Waals surface area contributed by atoms with Crippen molar-refractivity contribution < 1.29 is 32.2 Å². The van der Waals surface area contributed by atoms with Gasteiger partial charge in [-0.15, -0.1) is 11.3 Å². The van der Waals surface area contributed by atoms with Gasteiger partial charge in [-0.1, -0.05) is 30.3 Å². The molecule has 1 saturated heterocycles. The molecule has 3 aromatic carbocycles.